The first-order valence-corrected chi connectivity index (χ1v) is 10.8. The lowest BCUT2D eigenvalue weighted by molar-refractivity contribution is 0.0371. The van der Waals surface area contributed by atoms with Gasteiger partial charge in [-0.1, -0.05) is 73.5 Å². The van der Waals surface area contributed by atoms with Crippen molar-refractivity contribution in [2.45, 2.75) is 50.9 Å². The number of rotatable bonds is 11. The zero-order valence-corrected chi connectivity index (χ0v) is 16.7. The van der Waals surface area contributed by atoms with Gasteiger partial charge in [0.05, 0.1) is 13.2 Å². The van der Waals surface area contributed by atoms with Gasteiger partial charge in [0.25, 0.3) is 0 Å². The van der Waals surface area contributed by atoms with E-state index in [1.54, 1.807) is 0 Å². The van der Waals surface area contributed by atoms with Gasteiger partial charge in [0.15, 0.2) is 0 Å². The van der Waals surface area contributed by atoms with E-state index in [1.165, 1.54) is 62.6 Å². The van der Waals surface area contributed by atoms with Crippen LogP contribution in [-0.4, -0.2) is 37.7 Å². The van der Waals surface area contributed by atoms with Gasteiger partial charge in [-0.3, -0.25) is 4.90 Å². The Morgan fingerprint density at radius 3 is 2.15 bits per heavy atom. The second-order valence-electron chi connectivity index (χ2n) is 7.79. The smallest absolute Gasteiger partial charge is 0.0594 e. The van der Waals surface area contributed by atoms with Gasteiger partial charge in [-0.25, -0.2) is 0 Å². The van der Waals surface area contributed by atoms with E-state index in [4.69, 9.17) is 4.74 Å². The van der Waals surface area contributed by atoms with E-state index >= 15 is 0 Å². The molecule has 0 bridgehead atoms. The molecular formula is C25H35NO. The minimum atomic E-state index is 0.707. The predicted molar refractivity (Wildman–Crippen MR) is 114 cm³/mol. The van der Waals surface area contributed by atoms with Crippen molar-refractivity contribution in [2.24, 2.45) is 0 Å². The Morgan fingerprint density at radius 1 is 0.741 bits per heavy atom. The highest BCUT2D eigenvalue weighted by molar-refractivity contribution is 5.20. The molecule has 1 aliphatic heterocycles. The Bertz CT molecular complexity index is 607. The third-order valence-corrected chi connectivity index (χ3v) is 5.76. The molecule has 2 aromatic rings. The lowest BCUT2D eigenvalue weighted by Crippen LogP contribution is -2.36. The number of aryl methyl sites for hydroxylation is 1. The lowest BCUT2D eigenvalue weighted by Gasteiger charge is -2.26. The predicted octanol–water partition coefficient (Wildman–Crippen LogP) is 5.69. The van der Waals surface area contributed by atoms with Crippen LogP contribution in [0, 0.1) is 0 Å². The summed E-state index contributed by atoms with van der Waals surface area (Å²) < 4.78 is 5.44. The molecule has 1 unspecified atom stereocenters. The van der Waals surface area contributed by atoms with E-state index in [0.29, 0.717) is 5.92 Å². The van der Waals surface area contributed by atoms with Crippen molar-refractivity contribution < 1.29 is 4.74 Å². The fraction of sp³-hybridized carbons (Fsp3) is 0.520. The summed E-state index contributed by atoms with van der Waals surface area (Å²) in [6.07, 6.45) is 9.10. The van der Waals surface area contributed by atoms with Crippen molar-refractivity contribution in [2.75, 3.05) is 32.8 Å². The summed E-state index contributed by atoms with van der Waals surface area (Å²) >= 11 is 0. The standard InChI is InChI=1S/C25H35NO/c1-4-11-23(12-5-1)13-10-17-25(24-14-6-2-7-15-24)16-8-3-9-18-26-19-21-27-22-20-26/h1-2,4-7,11-12,14-15,25H,3,8-10,13,16-22H2. The van der Waals surface area contributed by atoms with Crippen LogP contribution < -0.4 is 0 Å². The van der Waals surface area contributed by atoms with Gasteiger partial charge < -0.3 is 4.74 Å². The average Bonchev–Trinajstić information content (AvgIpc) is 2.74. The van der Waals surface area contributed by atoms with Gasteiger partial charge in [0.1, 0.15) is 0 Å². The maximum Gasteiger partial charge on any atom is 0.0594 e. The SMILES string of the molecule is c1ccc(CCCC(CCCCCN2CCOCC2)c2ccccc2)cc1. The number of ether oxygens (including phenoxy) is 1. The minimum Gasteiger partial charge on any atom is -0.379 e. The third kappa shape index (κ3) is 7.48. The first-order chi connectivity index (χ1) is 13.4. The van der Waals surface area contributed by atoms with Crippen molar-refractivity contribution in [3.05, 3.63) is 71.8 Å². The molecule has 1 saturated heterocycles. The molecule has 1 heterocycles. The summed E-state index contributed by atoms with van der Waals surface area (Å²) in [5.41, 5.74) is 2.99. The second-order valence-corrected chi connectivity index (χ2v) is 7.79. The Labute approximate surface area is 165 Å². The third-order valence-electron chi connectivity index (χ3n) is 5.76. The molecule has 0 amide bonds. The van der Waals surface area contributed by atoms with Crippen molar-refractivity contribution in [1.29, 1.82) is 0 Å². The van der Waals surface area contributed by atoms with Gasteiger partial charge >= 0.3 is 0 Å². The Hall–Kier alpha value is -1.64. The highest BCUT2D eigenvalue weighted by atomic mass is 16.5. The fourth-order valence-corrected chi connectivity index (χ4v) is 4.13. The maximum absolute atomic E-state index is 5.44. The molecule has 146 valence electrons. The fourth-order valence-electron chi connectivity index (χ4n) is 4.13. The number of nitrogens with zero attached hydrogens (tertiary/aromatic N) is 1. The van der Waals surface area contributed by atoms with Crippen LogP contribution in [-0.2, 0) is 11.2 Å². The van der Waals surface area contributed by atoms with Crippen molar-refractivity contribution in [3.63, 3.8) is 0 Å². The molecule has 2 aromatic carbocycles. The summed E-state index contributed by atoms with van der Waals surface area (Å²) in [6.45, 7) is 5.31. The van der Waals surface area contributed by atoms with E-state index in [0.717, 1.165) is 26.3 Å². The summed E-state index contributed by atoms with van der Waals surface area (Å²) in [7, 11) is 0. The molecule has 1 atom stereocenters. The number of morpholine rings is 1. The summed E-state index contributed by atoms with van der Waals surface area (Å²) in [4.78, 5) is 2.55. The van der Waals surface area contributed by atoms with E-state index in [1.807, 2.05) is 0 Å². The molecule has 2 heteroatoms. The number of hydrogen-bond acceptors (Lipinski definition) is 2. The molecule has 1 fully saturated rings. The van der Waals surface area contributed by atoms with Crippen LogP contribution in [0.3, 0.4) is 0 Å². The summed E-state index contributed by atoms with van der Waals surface area (Å²) in [5.74, 6) is 0.707. The highest BCUT2D eigenvalue weighted by Crippen LogP contribution is 2.28. The van der Waals surface area contributed by atoms with Crippen LogP contribution in [0.5, 0.6) is 0 Å². The summed E-state index contributed by atoms with van der Waals surface area (Å²) in [6, 6.07) is 22.1. The van der Waals surface area contributed by atoms with E-state index in [2.05, 4.69) is 65.6 Å². The summed E-state index contributed by atoms with van der Waals surface area (Å²) in [5, 5.41) is 0. The lowest BCUT2D eigenvalue weighted by atomic mass is 9.88. The molecule has 0 N–H and O–H groups in total. The topological polar surface area (TPSA) is 12.5 Å². The number of benzene rings is 2. The monoisotopic (exact) mass is 365 g/mol. The largest absolute Gasteiger partial charge is 0.379 e. The van der Waals surface area contributed by atoms with Crippen LogP contribution in [0.2, 0.25) is 0 Å². The van der Waals surface area contributed by atoms with E-state index in [-0.39, 0.29) is 0 Å². The molecule has 0 saturated carbocycles. The molecule has 0 radical (unpaired) electrons. The van der Waals surface area contributed by atoms with Gasteiger partial charge in [0, 0.05) is 13.1 Å². The Balaban J connectivity index is 1.40. The number of unbranched alkanes of at least 4 members (excludes halogenated alkanes) is 2. The Kier molecular flexibility index (Phi) is 8.89. The molecule has 0 aliphatic carbocycles. The van der Waals surface area contributed by atoms with Crippen LogP contribution in [0.4, 0.5) is 0 Å². The van der Waals surface area contributed by atoms with Crippen LogP contribution in [0.1, 0.15) is 55.6 Å². The van der Waals surface area contributed by atoms with Crippen molar-refractivity contribution >= 4 is 0 Å². The minimum absolute atomic E-state index is 0.707. The Morgan fingerprint density at radius 2 is 1.41 bits per heavy atom. The van der Waals surface area contributed by atoms with Gasteiger partial charge in [-0.05, 0) is 55.7 Å². The molecule has 0 spiro atoms. The molecule has 2 nitrogen and oxygen atoms in total. The zero-order chi connectivity index (χ0) is 18.6. The second kappa shape index (κ2) is 11.9. The van der Waals surface area contributed by atoms with Crippen molar-refractivity contribution in [3.8, 4) is 0 Å². The number of hydrogen-bond donors (Lipinski definition) is 0. The normalized spacial score (nSPS) is 16.3. The van der Waals surface area contributed by atoms with Crippen LogP contribution in [0.15, 0.2) is 60.7 Å². The average molecular weight is 366 g/mol. The first-order valence-electron chi connectivity index (χ1n) is 10.8. The highest BCUT2D eigenvalue weighted by Gasteiger charge is 2.12. The van der Waals surface area contributed by atoms with E-state index in [9.17, 15) is 0 Å². The molecule has 0 aromatic heterocycles. The van der Waals surface area contributed by atoms with Gasteiger partial charge in [0.2, 0.25) is 0 Å². The first kappa shape index (κ1) is 20.1. The molecular weight excluding hydrogens is 330 g/mol. The molecule has 27 heavy (non-hydrogen) atoms. The van der Waals surface area contributed by atoms with E-state index < -0.39 is 0 Å². The molecule has 3 rings (SSSR count). The van der Waals surface area contributed by atoms with Gasteiger partial charge in [-0.2, -0.15) is 0 Å². The quantitative estimate of drug-likeness (QED) is 0.475. The van der Waals surface area contributed by atoms with Gasteiger partial charge in [-0.15, -0.1) is 0 Å². The van der Waals surface area contributed by atoms with Crippen molar-refractivity contribution in [1.82, 2.24) is 4.90 Å². The zero-order valence-electron chi connectivity index (χ0n) is 16.7. The maximum atomic E-state index is 5.44. The molecule has 1 aliphatic rings. The van der Waals surface area contributed by atoms with Crippen LogP contribution >= 0.6 is 0 Å². The van der Waals surface area contributed by atoms with Crippen LogP contribution in [0.25, 0.3) is 0 Å².